The number of nitrogens with one attached hydrogen (secondary N) is 1. The zero-order chi connectivity index (χ0) is 15.2. The molecule has 0 unspecified atom stereocenters. The summed E-state index contributed by atoms with van der Waals surface area (Å²) in [5, 5.41) is 11.3. The quantitative estimate of drug-likeness (QED) is 0.747. The average molecular weight is 295 g/mol. The van der Waals surface area contributed by atoms with E-state index in [1.807, 2.05) is 22.8 Å². The highest BCUT2D eigenvalue weighted by Crippen LogP contribution is 2.15. The highest BCUT2D eigenvalue weighted by molar-refractivity contribution is 5.58. The summed E-state index contributed by atoms with van der Waals surface area (Å²) in [4.78, 5) is 12.8. The van der Waals surface area contributed by atoms with Gasteiger partial charge >= 0.3 is 0 Å². The molecule has 0 aromatic carbocycles. The highest BCUT2D eigenvalue weighted by atomic mass is 15.3. The highest BCUT2D eigenvalue weighted by Gasteiger charge is 2.04. The van der Waals surface area contributed by atoms with Crippen LogP contribution in [0.4, 0.5) is 5.95 Å². The van der Waals surface area contributed by atoms with Gasteiger partial charge in [-0.1, -0.05) is 0 Å². The van der Waals surface area contributed by atoms with Crippen LogP contribution in [-0.2, 0) is 13.0 Å². The summed E-state index contributed by atoms with van der Waals surface area (Å²) in [7, 11) is 0. The van der Waals surface area contributed by atoms with Gasteiger partial charge in [-0.25, -0.2) is 9.97 Å². The van der Waals surface area contributed by atoms with Crippen LogP contribution in [0.2, 0.25) is 0 Å². The smallest absolute Gasteiger partial charge is 0.223 e. The first-order valence-corrected chi connectivity index (χ1v) is 7.21. The molecule has 3 heterocycles. The van der Waals surface area contributed by atoms with Crippen LogP contribution in [0.5, 0.6) is 0 Å². The van der Waals surface area contributed by atoms with E-state index in [2.05, 4.69) is 37.4 Å². The molecule has 0 aliphatic heterocycles. The third kappa shape index (κ3) is 3.25. The van der Waals surface area contributed by atoms with Crippen LogP contribution >= 0.6 is 0 Å². The third-order valence-corrected chi connectivity index (χ3v) is 3.30. The molecular weight excluding hydrogens is 278 g/mol. The molecule has 0 saturated heterocycles. The second-order valence-electron chi connectivity index (χ2n) is 4.71. The van der Waals surface area contributed by atoms with E-state index in [1.165, 1.54) is 0 Å². The maximum Gasteiger partial charge on any atom is 0.223 e. The largest absolute Gasteiger partial charge is 0.354 e. The second kappa shape index (κ2) is 6.75. The van der Waals surface area contributed by atoms with Gasteiger partial charge in [-0.05, 0) is 25.1 Å². The lowest BCUT2D eigenvalue weighted by molar-refractivity contribution is 0.697. The van der Waals surface area contributed by atoms with Crippen molar-refractivity contribution in [3.63, 3.8) is 0 Å². The zero-order valence-electron chi connectivity index (χ0n) is 12.3. The normalized spacial score (nSPS) is 10.6. The fourth-order valence-electron chi connectivity index (χ4n) is 2.15. The molecule has 22 heavy (non-hydrogen) atoms. The van der Waals surface area contributed by atoms with Crippen molar-refractivity contribution < 1.29 is 0 Å². The molecule has 3 rings (SSSR count). The van der Waals surface area contributed by atoms with Gasteiger partial charge in [0.1, 0.15) is 12.2 Å². The fraction of sp³-hybridized carbons (Fsp3) is 0.267. The first-order valence-electron chi connectivity index (χ1n) is 7.21. The molecule has 3 aromatic heterocycles. The topological polar surface area (TPSA) is 81.4 Å². The number of nitrogens with zero attached hydrogens (tertiary/aromatic N) is 6. The summed E-state index contributed by atoms with van der Waals surface area (Å²) >= 11 is 0. The maximum atomic E-state index is 4.51. The Labute approximate surface area is 128 Å². The van der Waals surface area contributed by atoms with Gasteiger partial charge in [0.15, 0.2) is 0 Å². The van der Waals surface area contributed by atoms with Gasteiger partial charge in [-0.2, -0.15) is 0 Å². The molecule has 0 bridgehead atoms. The van der Waals surface area contributed by atoms with E-state index in [4.69, 9.17) is 0 Å². The Morgan fingerprint density at radius 1 is 1.14 bits per heavy atom. The molecule has 7 heteroatoms. The van der Waals surface area contributed by atoms with E-state index in [0.29, 0.717) is 12.5 Å². The molecule has 3 aromatic rings. The molecule has 1 N–H and O–H groups in total. The Morgan fingerprint density at radius 3 is 2.82 bits per heavy atom. The number of hydrogen-bond acceptors (Lipinski definition) is 6. The zero-order valence-corrected chi connectivity index (χ0v) is 12.3. The van der Waals surface area contributed by atoms with Crippen molar-refractivity contribution in [3.8, 4) is 11.3 Å². The summed E-state index contributed by atoms with van der Waals surface area (Å²) < 4.78 is 2.02. The minimum absolute atomic E-state index is 0.608. The van der Waals surface area contributed by atoms with E-state index in [9.17, 15) is 0 Å². The minimum atomic E-state index is 0.608. The molecular formula is C15H17N7. The van der Waals surface area contributed by atoms with Crippen molar-refractivity contribution in [2.45, 2.75) is 19.9 Å². The summed E-state index contributed by atoms with van der Waals surface area (Å²) in [5.41, 5.74) is 1.89. The van der Waals surface area contributed by atoms with Crippen LogP contribution in [-0.4, -0.2) is 36.3 Å². The third-order valence-electron chi connectivity index (χ3n) is 3.30. The van der Waals surface area contributed by atoms with Crippen LogP contribution in [0.25, 0.3) is 11.3 Å². The minimum Gasteiger partial charge on any atom is -0.354 e. The van der Waals surface area contributed by atoms with Gasteiger partial charge in [0.2, 0.25) is 5.95 Å². The van der Waals surface area contributed by atoms with Crippen LogP contribution in [0.15, 0.2) is 43.1 Å². The number of hydrogen-bond donors (Lipinski definition) is 1. The van der Waals surface area contributed by atoms with Crippen molar-refractivity contribution in [2.75, 3.05) is 11.9 Å². The number of anilines is 1. The van der Waals surface area contributed by atoms with Crippen molar-refractivity contribution in [1.82, 2.24) is 29.7 Å². The molecule has 0 fully saturated rings. The SMILES string of the molecule is CCn1cnnc1CCNc1nccc(-c2ccncc2)n1. The van der Waals surface area contributed by atoms with E-state index < -0.39 is 0 Å². The number of rotatable bonds is 6. The number of aryl methyl sites for hydroxylation is 1. The van der Waals surface area contributed by atoms with Gasteiger partial charge < -0.3 is 9.88 Å². The molecule has 0 saturated carbocycles. The second-order valence-corrected chi connectivity index (χ2v) is 4.71. The molecule has 0 aliphatic carbocycles. The van der Waals surface area contributed by atoms with Crippen LogP contribution in [0.1, 0.15) is 12.7 Å². The monoisotopic (exact) mass is 295 g/mol. The first-order chi connectivity index (χ1) is 10.9. The van der Waals surface area contributed by atoms with Crippen LogP contribution in [0.3, 0.4) is 0 Å². The van der Waals surface area contributed by atoms with E-state index in [0.717, 1.165) is 30.0 Å². The van der Waals surface area contributed by atoms with E-state index >= 15 is 0 Å². The molecule has 0 aliphatic rings. The molecule has 0 radical (unpaired) electrons. The molecule has 0 atom stereocenters. The lowest BCUT2D eigenvalue weighted by Gasteiger charge is -2.07. The number of aromatic nitrogens is 6. The Balaban J connectivity index is 1.64. The standard InChI is InChI=1S/C15H17N7/c1-2-22-11-19-21-14(22)6-10-18-15-17-9-5-13(20-15)12-3-7-16-8-4-12/h3-5,7-9,11H,2,6,10H2,1H3,(H,17,18,20). The van der Waals surface area contributed by atoms with Crippen molar-refractivity contribution in [3.05, 3.63) is 48.9 Å². The summed E-state index contributed by atoms with van der Waals surface area (Å²) in [5.74, 6) is 1.57. The van der Waals surface area contributed by atoms with Crippen LogP contribution in [0, 0.1) is 0 Å². The van der Waals surface area contributed by atoms with Gasteiger partial charge in [-0.15, -0.1) is 10.2 Å². The Kier molecular flexibility index (Phi) is 4.33. The predicted octanol–water partition coefficient (Wildman–Crippen LogP) is 1.80. The summed E-state index contributed by atoms with van der Waals surface area (Å²) in [6.45, 7) is 3.65. The lowest BCUT2D eigenvalue weighted by Crippen LogP contribution is -2.11. The molecule has 7 nitrogen and oxygen atoms in total. The van der Waals surface area contributed by atoms with Gasteiger partial charge in [0, 0.05) is 43.7 Å². The van der Waals surface area contributed by atoms with Gasteiger partial charge in [-0.3, -0.25) is 4.98 Å². The predicted molar refractivity (Wildman–Crippen MR) is 83.2 cm³/mol. The van der Waals surface area contributed by atoms with Crippen LogP contribution < -0.4 is 5.32 Å². The van der Waals surface area contributed by atoms with Gasteiger partial charge in [0.25, 0.3) is 0 Å². The molecule has 112 valence electrons. The van der Waals surface area contributed by atoms with Crippen molar-refractivity contribution >= 4 is 5.95 Å². The number of pyridine rings is 1. The van der Waals surface area contributed by atoms with E-state index in [1.54, 1.807) is 24.9 Å². The Hall–Kier alpha value is -2.83. The van der Waals surface area contributed by atoms with Crippen molar-refractivity contribution in [2.24, 2.45) is 0 Å². The molecule has 0 amide bonds. The summed E-state index contributed by atoms with van der Waals surface area (Å²) in [6, 6.07) is 5.74. The van der Waals surface area contributed by atoms with Gasteiger partial charge in [0.05, 0.1) is 5.69 Å². The summed E-state index contributed by atoms with van der Waals surface area (Å²) in [6.07, 6.45) is 7.77. The van der Waals surface area contributed by atoms with E-state index in [-0.39, 0.29) is 0 Å². The van der Waals surface area contributed by atoms with Crippen molar-refractivity contribution in [1.29, 1.82) is 0 Å². The first kappa shape index (κ1) is 14.1. The fourth-order valence-corrected chi connectivity index (χ4v) is 2.15. The molecule has 0 spiro atoms. The lowest BCUT2D eigenvalue weighted by atomic mass is 10.2. The maximum absolute atomic E-state index is 4.51. The average Bonchev–Trinajstić information content (AvgIpc) is 3.03. The Morgan fingerprint density at radius 2 is 2.00 bits per heavy atom. The Bertz CT molecular complexity index is 724.